The van der Waals surface area contributed by atoms with Crippen molar-refractivity contribution in [3.63, 3.8) is 0 Å². The van der Waals surface area contributed by atoms with Crippen LogP contribution in [-0.2, 0) is 9.59 Å². The number of nitrogens with one attached hydrogen (secondary N) is 2. The highest BCUT2D eigenvalue weighted by Gasteiger charge is 2.24. The largest absolute Gasteiger partial charge is 0.393 e. The second-order valence-corrected chi connectivity index (χ2v) is 5.81. The van der Waals surface area contributed by atoms with Crippen molar-refractivity contribution in [2.24, 2.45) is 5.92 Å². The molecule has 0 radical (unpaired) electrons. The zero-order chi connectivity index (χ0) is 16.1. The van der Waals surface area contributed by atoms with E-state index in [0.717, 1.165) is 31.7 Å². The van der Waals surface area contributed by atoms with Gasteiger partial charge in [-0.05, 0) is 31.0 Å². The van der Waals surface area contributed by atoms with Gasteiger partial charge in [0.1, 0.15) is 5.82 Å². The third kappa shape index (κ3) is 4.42. The maximum atomic E-state index is 13.0. The van der Waals surface area contributed by atoms with Crippen LogP contribution in [-0.4, -0.2) is 29.6 Å². The number of hydrogen-bond donors (Lipinski definition) is 3. The average Bonchev–Trinajstić information content (AvgIpc) is 2.50. The van der Waals surface area contributed by atoms with Crippen LogP contribution < -0.4 is 10.6 Å². The lowest BCUT2D eigenvalue weighted by molar-refractivity contribution is -0.136. The van der Waals surface area contributed by atoms with Crippen LogP contribution in [0.3, 0.4) is 0 Å². The van der Waals surface area contributed by atoms with Crippen LogP contribution in [0.4, 0.5) is 10.1 Å². The molecule has 0 saturated heterocycles. The molecule has 0 aromatic heterocycles. The highest BCUT2D eigenvalue weighted by atomic mass is 35.5. The van der Waals surface area contributed by atoms with Crippen molar-refractivity contribution in [1.29, 1.82) is 0 Å². The molecule has 2 atom stereocenters. The van der Waals surface area contributed by atoms with Crippen LogP contribution in [0, 0.1) is 11.7 Å². The minimum Gasteiger partial charge on any atom is -0.393 e. The molecule has 7 heteroatoms. The zero-order valence-electron chi connectivity index (χ0n) is 11.9. The Morgan fingerprint density at radius 3 is 2.68 bits per heavy atom. The molecule has 1 aromatic carbocycles. The van der Waals surface area contributed by atoms with Crippen LogP contribution in [0.15, 0.2) is 18.2 Å². The number of aliphatic hydroxyl groups excluding tert-OH is 1. The van der Waals surface area contributed by atoms with Crippen molar-refractivity contribution in [2.75, 3.05) is 11.9 Å². The van der Waals surface area contributed by atoms with Gasteiger partial charge in [-0.15, -0.1) is 0 Å². The second kappa shape index (κ2) is 7.56. The van der Waals surface area contributed by atoms with Crippen LogP contribution >= 0.6 is 11.6 Å². The fraction of sp³-hybridized carbons (Fsp3) is 0.467. The van der Waals surface area contributed by atoms with Crippen molar-refractivity contribution in [3.05, 3.63) is 29.0 Å². The summed E-state index contributed by atoms with van der Waals surface area (Å²) in [6.07, 6.45) is 3.11. The van der Waals surface area contributed by atoms with E-state index >= 15 is 0 Å². The molecule has 0 aliphatic heterocycles. The van der Waals surface area contributed by atoms with E-state index in [-0.39, 0.29) is 23.2 Å². The summed E-state index contributed by atoms with van der Waals surface area (Å²) in [4.78, 5) is 23.5. The molecule has 2 rings (SSSR count). The minimum absolute atomic E-state index is 0.0224. The predicted molar refractivity (Wildman–Crippen MR) is 81.0 cm³/mol. The summed E-state index contributed by atoms with van der Waals surface area (Å²) in [5.74, 6) is -2.27. The molecule has 3 N–H and O–H groups in total. The number of carbonyl (C=O) groups is 2. The van der Waals surface area contributed by atoms with Crippen molar-refractivity contribution in [2.45, 2.75) is 31.8 Å². The lowest BCUT2D eigenvalue weighted by atomic mass is 9.86. The Morgan fingerprint density at radius 2 is 2.00 bits per heavy atom. The SMILES string of the molecule is O=C(NC[C@@H]1CCCC[C@H]1O)C(=O)Nc1ccc(F)c(Cl)c1. The first-order chi connectivity index (χ1) is 10.5. The van der Waals surface area contributed by atoms with Gasteiger partial charge >= 0.3 is 11.8 Å². The van der Waals surface area contributed by atoms with Crippen LogP contribution in [0.2, 0.25) is 5.02 Å². The smallest absolute Gasteiger partial charge is 0.313 e. The summed E-state index contributed by atoms with van der Waals surface area (Å²) >= 11 is 5.60. The monoisotopic (exact) mass is 328 g/mol. The third-order valence-electron chi connectivity index (χ3n) is 3.78. The molecule has 2 amide bonds. The Hall–Kier alpha value is -1.66. The Bertz CT molecular complexity index is 568. The summed E-state index contributed by atoms with van der Waals surface area (Å²) < 4.78 is 13.0. The quantitative estimate of drug-likeness (QED) is 0.743. The molecule has 1 aliphatic carbocycles. The number of benzene rings is 1. The fourth-order valence-corrected chi connectivity index (χ4v) is 2.67. The van der Waals surface area contributed by atoms with Crippen molar-refractivity contribution >= 4 is 29.1 Å². The maximum absolute atomic E-state index is 13.0. The number of amides is 2. The molecule has 1 aliphatic rings. The van der Waals surface area contributed by atoms with Crippen LogP contribution in [0.1, 0.15) is 25.7 Å². The van der Waals surface area contributed by atoms with E-state index in [0.29, 0.717) is 0 Å². The number of aliphatic hydroxyl groups is 1. The Labute approximate surface area is 132 Å². The molecule has 0 bridgehead atoms. The van der Waals surface area contributed by atoms with Crippen molar-refractivity contribution in [3.8, 4) is 0 Å². The molecular formula is C15H18ClFN2O3. The highest BCUT2D eigenvalue weighted by Crippen LogP contribution is 2.23. The molecule has 22 heavy (non-hydrogen) atoms. The third-order valence-corrected chi connectivity index (χ3v) is 4.07. The van der Waals surface area contributed by atoms with Gasteiger partial charge in [0.25, 0.3) is 0 Å². The summed E-state index contributed by atoms with van der Waals surface area (Å²) in [5, 5.41) is 14.5. The van der Waals surface area contributed by atoms with Gasteiger partial charge in [-0.1, -0.05) is 24.4 Å². The highest BCUT2D eigenvalue weighted by molar-refractivity contribution is 6.39. The van der Waals surface area contributed by atoms with Gasteiger partial charge in [0.15, 0.2) is 0 Å². The molecule has 1 saturated carbocycles. The van der Waals surface area contributed by atoms with E-state index in [4.69, 9.17) is 11.6 Å². The summed E-state index contributed by atoms with van der Waals surface area (Å²) in [6.45, 7) is 0.262. The van der Waals surface area contributed by atoms with Gasteiger partial charge in [-0.25, -0.2) is 4.39 Å². The van der Waals surface area contributed by atoms with E-state index in [1.54, 1.807) is 0 Å². The zero-order valence-corrected chi connectivity index (χ0v) is 12.7. The number of rotatable bonds is 3. The van der Waals surface area contributed by atoms with Gasteiger partial charge in [0, 0.05) is 18.2 Å². The number of carbonyl (C=O) groups excluding carboxylic acids is 2. The van der Waals surface area contributed by atoms with Gasteiger partial charge < -0.3 is 15.7 Å². The Balaban J connectivity index is 1.84. The summed E-state index contributed by atoms with van der Waals surface area (Å²) in [5.41, 5.74) is 0.240. The lowest BCUT2D eigenvalue weighted by Crippen LogP contribution is -2.41. The Kier molecular flexibility index (Phi) is 5.74. The summed E-state index contributed by atoms with van der Waals surface area (Å²) in [7, 11) is 0. The lowest BCUT2D eigenvalue weighted by Gasteiger charge is -2.27. The van der Waals surface area contributed by atoms with E-state index in [1.165, 1.54) is 12.1 Å². The molecule has 0 spiro atoms. The normalized spacial score (nSPS) is 21.2. The van der Waals surface area contributed by atoms with E-state index < -0.39 is 23.7 Å². The second-order valence-electron chi connectivity index (χ2n) is 5.40. The van der Waals surface area contributed by atoms with Crippen LogP contribution in [0.25, 0.3) is 0 Å². The molecule has 1 aromatic rings. The molecule has 120 valence electrons. The predicted octanol–water partition coefficient (Wildman–Crippen LogP) is 2.08. The summed E-state index contributed by atoms with van der Waals surface area (Å²) in [6, 6.07) is 3.65. The first-order valence-corrected chi connectivity index (χ1v) is 7.57. The standard InChI is InChI=1S/C15H18ClFN2O3/c16-11-7-10(5-6-12(11)17)19-15(22)14(21)18-8-9-3-1-2-4-13(9)20/h5-7,9,13,20H,1-4,8H2,(H,18,21)(H,19,22)/t9-,13+/m0/s1. The van der Waals surface area contributed by atoms with Gasteiger partial charge in [0.05, 0.1) is 11.1 Å². The van der Waals surface area contributed by atoms with E-state index in [1.807, 2.05) is 0 Å². The molecular weight excluding hydrogens is 311 g/mol. The first-order valence-electron chi connectivity index (χ1n) is 7.19. The fourth-order valence-electron chi connectivity index (χ4n) is 2.49. The topological polar surface area (TPSA) is 78.4 Å². The average molecular weight is 329 g/mol. The molecule has 1 fully saturated rings. The van der Waals surface area contributed by atoms with Gasteiger partial charge in [-0.3, -0.25) is 9.59 Å². The van der Waals surface area contributed by atoms with Gasteiger partial charge in [0.2, 0.25) is 0 Å². The van der Waals surface area contributed by atoms with Gasteiger partial charge in [-0.2, -0.15) is 0 Å². The first kappa shape index (κ1) is 16.7. The number of hydrogen-bond acceptors (Lipinski definition) is 3. The van der Waals surface area contributed by atoms with E-state index in [2.05, 4.69) is 10.6 Å². The van der Waals surface area contributed by atoms with Crippen LogP contribution in [0.5, 0.6) is 0 Å². The Morgan fingerprint density at radius 1 is 1.27 bits per heavy atom. The number of anilines is 1. The maximum Gasteiger partial charge on any atom is 0.313 e. The number of halogens is 2. The minimum atomic E-state index is -0.854. The van der Waals surface area contributed by atoms with Crippen molar-refractivity contribution < 1.29 is 19.1 Å². The van der Waals surface area contributed by atoms with E-state index in [9.17, 15) is 19.1 Å². The molecule has 5 nitrogen and oxygen atoms in total. The van der Waals surface area contributed by atoms with Crippen molar-refractivity contribution in [1.82, 2.24) is 5.32 Å². The molecule has 0 unspecified atom stereocenters. The molecule has 0 heterocycles.